The second-order valence-electron chi connectivity index (χ2n) is 6.71. The Bertz CT molecular complexity index is 928. The lowest BCUT2D eigenvalue weighted by atomic mass is 9.91. The zero-order chi connectivity index (χ0) is 21.1. The van der Waals surface area contributed by atoms with Gasteiger partial charge in [-0.3, -0.25) is 0 Å². The third-order valence-corrected chi connectivity index (χ3v) is 4.78. The monoisotopic (exact) mass is 381 g/mol. The summed E-state index contributed by atoms with van der Waals surface area (Å²) in [5, 5.41) is 3.41. The summed E-state index contributed by atoms with van der Waals surface area (Å²) >= 11 is 0. The molecule has 1 heteroatoms. The van der Waals surface area contributed by atoms with Gasteiger partial charge in [0.15, 0.2) is 0 Å². The summed E-state index contributed by atoms with van der Waals surface area (Å²) in [7, 11) is 0. The van der Waals surface area contributed by atoms with Crippen molar-refractivity contribution in [2.75, 3.05) is 6.54 Å². The zero-order valence-electron chi connectivity index (χ0n) is 17.6. The van der Waals surface area contributed by atoms with Crippen LogP contribution in [0.4, 0.5) is 0 Å². The van der Waals surface area contributed by atoms with Crippen LogP contribution in [0.5, 0.6) is 0 Å². The predicted octanol–water partition coefficient (Wildman–Crippen LogP) is 7.25. The first kappa shape index (κ1) is 22.0. The maximum Gasteiger partial charge on any atom is 0.0343 e. The lowest BCUT2D eigenvalue weighted by Crippen LogP contribution is -2.15. The first-order valence-electron chi connectivity index (χ1n) is 9.98. The first-order valence-corrected chi connectivity index (χ1v) is 9.98. The van der Waals surface area contributed by atoms with Gasteiger partial charge < -0.3 is 5.32 Å². The fourth-order valence-electron chi connectivity index (χ4n) is 3.23. The maximum atomic E-state index is 4.33. The Labute approximate surface area is 176 Å². The molecule has 0 saturated heterocycles. The molecule has 2 rings (SSSR count). The third kappa shape index (κ3) is 6.08. The van der Waals surface area contributed by atoms with Crippen molar-refractivity contribution >= 4 is 5.57 Å². The van der Waals surface area contributed by atoms with E-state index in [1.807, 2.05) is 19.1 Å². The first-order chi connectivity index (χ1) is 14.1. The smallest absolute Gasteiger partial charge is 0.0343 e. The van der Waals surface area contributed by atoms with Crippen molar-refractivity contribution in [2.24, 2.45) is 0 Å². The van der Waals surface area contributed by atoms with Crippen molar-refractivity contribution < 1.29 is 0 Å². The van der Waals surface area contributed by atoms with E-state index in [9.17, 15) is 0 Å². The van der Waals surface area contributed by atoms with Gasteiger partial charge in [-0.2, -0.15) is 0 Å². The highest BCUT2D eigenvalue weighted by Gasteiger charge is 2.12. The number of allylic oxidation sites excluding steroid dienone is 12. The quantitative estimate of drug-likeness (QED) is 0.530. The highest BCUT2D eigenvalue weighted by atomic mass is 14.9. The Kier molecular flexibility index (Phi) is 8.72. The summed E-state index contributed by atoms with van der Waals surface area (Å²) in [5.41, 5.74) is 7.59. The molecule has 0 radical (unpaired) electrons. The van der Waals surface area contributed by atoms with Crippen LogP contribution in [0.3, 0.4) is 0 Å². The van der Waals surface area contributed by atoms with E-state index >= 15 is 0 Å². The standard InChI is InChI=1S/C28H31N/c1-6-9-15-24(8-3)25-18-13-19-27(22(4)23(5)29-21-20-25)28(14-7-2)26-16-11-10-12-17-26/h6-17,19-20,29H,1,4-5,18,21H2,2-3H3/b14-7-,15-9-,19-13-,24-8+,25-20+,28-27+. The second-order valence-corrected chi connectivity index (χ2v) is 6.71. The van der Waals surface area contributed by atoms with Crippen LogP contribution >= 0.6 is 0 Å². The van der Waals surface area contributed by atoms with Crippen molar-refractivity contribution in [3.63, 3.8) is 0 Å². The second kappa shape index (κ2) is 11.5. The van der Waals surface area contributed by atoms with Gasteiger partial charge in [0.1, 0.15) is 0 Å². The average Bonchev–Trinajstić information content (AvgIpc) is 2.75. The van der Waals surface area contributed by atoms with Gasteiger partial charge in [0, 0.05) is 12.2 Å². The molecule has 1 aliphatic rings. The molecule has 0 saturated carbocycles. The van der Waals surface area contributed by atoms with E-state index in [4.69, 9.17) is 0 Å². The summed E-state index contributed by atoms with van der Waals surface area (Å²) in [6.07, 6.45) is 19.6. The van der Waals surface area contributed by atoms with E-state index in [0.29, 0.717) is 6.54 Å². The Balaban J connectivity index is 2.54. The van der Waals surface area contributed by atoms with Gasteiger partial charge in [0.05, 0.1) is 0 Å². The molecule has 0 bridgehead atoms. The van der Waals surface area contributed by atoms with Crippen molar-refractivity contribution in [3.05, 3.63) is 138 Å². The van der Waals surface area contributed by atoms with E-state index in [0.717, 1.165) is 34.4 Å². The van der Waals surface area contributed by atoms with Crippen LogP contribution in [0.2, 0.25) is 0 Å². The Hall–Kier alpha value is -3.32. The fourth-order valence-corrected chi connectivity index (χ4v) is 3.23. The molecular weight excluding hydrogens is 350 g/mol. The minimum absolute atomic E-state index is 0.706. The molecule has 1 aromatic rings. The minimum Gasteiger partial charge on any atom is -0.382 e. The molecule has 0 atom stereocenters. The van der Waals surface area contributed by atoms with E-state index in [1.54, 1.807) is 6.08 Å². The molecule has 1 aliphatic heterocycles. The van der Waals surface area contributed by atoms with Gasteiger partial charge in [-0.15, -0.1) is 0 Å². The topological polar surface area (TPSA) is 12.0 Å². The zero-order valence-corrected chi connectivity index (χ0v) is 17.6. The van der Waals surface area contributed by atoms with Crippen LogP contribution in [-0.2, 0) is 0 Å². The number of hydrogen-bond donors (Lipinski definition) is 1. The summed E-state index contributed by atoms with van der Waals surface area (Å²) in [4.78, 5) is 0. The summed E-state index contributed by atoms with van der Waals surface area (Å²) in [6.45, 7) is 17.1. The largest absolute Gasteiger partial charge is 0.382 e. The normalized spacial score (nSPS) is 20.9. The molecule has 0 spiro atoms. The third-order valence-electron chi connectivity index (χ3n) is 4.78. The number of hydrogen-bond acceptors (Lipinski definition) is 1. The molecule has 29 heavy (non-hydrogen) atoms. The summed E-state index contributed by atoms with van der Waals surface area (Å²) < 4.78 is 0. The number of benzene rings is 1. The van der Waals surface area contributed by atoms with Crippen LogP contribution < -0.4 is 5.32 Å². The predicted molar refractivity (Wildman–Crippen MR) is 129 cm³/mol. The van der Waals surface area contributed by atoms with Crippen LogP contribution in [0, 0.1) is 0 Å². The van der Waals surface area contributed by atoms with E-state index in [1.165, 1.54) is 11.1 Å². The SMILES string of the molecule is C=C\C=C/C(=C\C)C1=C/CNC(=C)C(=C)C(=C(\C=C/C)c2ccccc2)/C=C\C\1. The Morgan fingerprint density at radius 1 is 1.07 bits per heavy atom. The van der Waals surface area contributed by atoms with Gasteiger partial charge in [-0.1, -0.05) is 105 Å². The highest BCUT2D eigenvalue weighted by Crippen LogP contribution is 2.29. The van der Waals surface area contributed by atoms with Gasteiger partial charge in [-0.05, 0) is 53.7 Å². The van der Waals surface area contributed by atoms with Crippen molar-refractivity contribution in [1.82, 2.24) is 5.32 Å². The summed E-state index contributed by atoms with van der Waals surface area (Å²) in [6, 6.07) is 10.4. The van der Waals surface area contributed by atoms with Crippen LogP contribution in [-0.4, -0.2) is 6.54 Å². The Morgan fingerprint density at radius 3 is 2.48 bits per heavy atom. The molecule has 0 amide bonds. The molecule has 0 aliphatic carbocycles. The van der Waals surface area contributed by atoms with Crippen LogP contribution in [0.25, 0.3) is 5.57 Å². The Morgan fingerprint density at radius 2 is 1.83 bits per heavy atom. The highest BCUT2D eigenvalue weighted by molar-refractivity contribution is 5.83. The lowest BCUT2D eigenvalue weighted by molar-refractivity contribution is 0.914. The minimum atomic E-state index is 0.706. The van der Waals surface area contributed by atoms with Gasteiger partial charge in [0.2, 0.25) is 0 Å². The average molecular weight is 382 g/mol. The van der Waals surface area contributed by atoms with Gasteiger partial charge in [0.25, 0.3) is 0 Å². The van der Waals surface area contributed by atoms with Crippen LogP contribution in [0.15, 0.2) is 133 Å². The van der Waals surface area contributed by atoms with Crippen molar-refractivity contribution in [3.8, 4) is 0 Å². The van der Waals surface area contributed by atoms with E-state index in [-0.39, 0.29) is 0 Å². The molecule has 1 heterocycles. The molecular formula is C28H31N. The molecule has 0 unspecified atom stereocenters. The van der Waals surface area contributed by atoms with Gasteiger partial charge >= 0.3 is 0 Å². The molecule has 0 aromatic heterocycles. The van der Waals surface area contributed by atoms with Crippen molar-refractivity contribution in [2.45, 2.75) is 20.3 Å². The molecule has 1 aromatic carbocycles. The van der Waals surface area contributed by atoms with Crippen molar-refractivity contribution in [1.29, 1.82) is 0 Å². The van der Waals surface area contributed by atoms with E-state index < -0.39 is 0 Å². The maximum absolute atomic E-state index is 4.33. The molecule has 148 valence electrons. The van der Waals surface area contributed by atoms with Gasteiger partial charge in [-0.25, -0.2) is 0 Å². The fraction of sp³-hybridized carbons (Fsp3) is 0.143. The van der Waals surface area contributed by atoms with Crippen LogP contribution in [0.1, 0.15) is 25.8 Å². The number of nitrogens with one attached hydrogen (secondary N) is 1. The molecule has 1 nitrogen and oxygen atoms in total. The summed E-state index contributed by atoms with van der Waals surface area (Å²) in [5.74, 6) is 0. The lowest BCUT2D eigenvalue weighted by Gasteiger charge is -2.18. The van der Waals surface area contributed by atoms with E-state index in [2.05, 4.69) is 98.8 Å². The number of rotatable bonds is 5. The molecule has 1 N–H and O–H groups in total. The molecule has 0 fully saturated rings.